The standard InChI is InChI=1S/C29H21FN4O2S/c1-17-25(27(35)33-21-7-3-2-4-8-21)26(18-11-13-20(30)14-12-18)34-28(36)24(37-29(34)32-17)15-19-16-31-23-10-6-5-9-22(19)23/h2-16,26,31H,1H3,(H,33,35)/b24-15+/t26-/m0/s1. The Labute approximate surface area is 214 Å². The van der Waals surface area contributed by atoms with Crippen LogP contribution >= 0.6 is 11.3 Å². The Bertz CT molecular complexity index is 1870. The number of H-pyrrole nitrogens is 1. The number of anilines is 1. The lowest BCUT2D eigenvalue weighted by Crippen LogP contribution is -2.40. The minimum atomic E-state index is -0.759. The van der Waals surface area contributed by atoms with Gasteiger partial charge in [0, 0.05) is 28.4 Å². The highest BCUT2D eigenvalue weighted by atomic mass is 32.1. The molecule has 8 heteroatoms. The zero-order chi connectivity index (χ0) is 25.5. The number of carbonyl (C=O) groups excluding carboxylic acids is 1. The van der Waals surface area contributed by atoms with E-state index in [2.05, 4.69) is 15.3 Å². The van der Waals surface area contributed by atoms with Crippen molar-refractivity contribution in [2.24, 2.45) is 4.99 Å². The van der Waals surface area contributed by atoms with Gasteiger partial charge in [0.2, 0.25) is 0 Å². The number of para-hydroxylation sites is 2. The zero-order valence-electron chi connectivity index (χ0n) is 19.7. The molecule has 0 bridgehead atoms. The third-order valence-electron chi connectivity index (χ3n) is 6.39. The van der Waals surface area contributed by atoms with E-state index in [4.69, 9.17) is 0 Å². The van der Waals surface area contributed by atoms with E-state index < -0.39 is 11.9 Å². The maximum absolute atomic E-state index is 13.8. The third kappa shape index (κ3) is 4.11. The van der Waals surface area contributed by atoms with Crippen molar-refractivity contribution < 1.29 is 9.18 Å². The highest BCUT2D eigenvalue weighted by Gasteiger charge is 2.32. The predicted molar refractivity (Wildman–Crippen MR) is 144 cm³/mol. The third-order valence-corrected chi connectivity index (χ3v) is 7.37. The number of amides is 1. The number of halogens is 1. The Kier molecular flexibility index (Phi) is 5.65. The van der Waals surface area contributed by atoms with Crippen molar-refractivity contribution in [2.75, 3.05) is 5.32 Å². The van der Waals surface area contributed by atoms with Crippen molar-refractivity contribution in [3.8, 4) is 0 Å². The molecule has 37 heavy (non-hydrogen) atoms. The lowest BCUT2D eigenvalue weighted by atomic mass is 9.95. The van der Waals surface area contributed by atoms with Crippen LogP contribution in [0.5, 0.6) is 0 Å². The molecule has 1 aliphatic heterocycles. The summed E-state index contributed by atoms with van der Waals surface area (Å²) in [7, 11) is 0. The number of hydrogen-bond acceptors (Lipinski definition) is 4. The minimum Gasteiger partial charge on any atom is -0.361 e. The smallest absolute Gasteiger partial charge is 0.271 e. The molecule has 0 fully saturated rings. The largest absolute Gasteiger partial charge is 0.361 e. The molecule has 3 aromatic carbocycles. The molecule has 0 saturated heterocycles. The summed E-state index contributed by atoms with van der Waals surface area (Å²) < 4.78 is 15.8. The Morgan fingerprint density at radius 2 is 1.78 bits per heavy atom. The van der Waals surface area contributed by atoms with Gasteiger partial charge in [-0.25, -0.2) is 9.38 Å². The molecule has 3 heterocycles. The van der Waals surface area contributed by atoms with Crippen molar-refractivity contribution >= 4 is 39.9 Å². The first-order valence-electron chi connectivity index (χ1n) is 11.7. The molecular formula is C29H21FN4O2S. The van der Waals surface area contributed by atoms with E-state index in [1.54, 1.807) is 31.2 Å². The van der Waals surface area contributed by atoms with Gasteiger partial charge >= 0.3 is 0 Å². The van der Waals surface area contributed by atoms with Crippen LogP contribution in [0.2, 0.25) is 0 Å². The van der Waals surface area contributed by atoms with Gasteiger partial charge in [0.15, 0.2) is 4.80 Å². The van der Waals surface area contributed by atoms with Gasteiger partial charge in [-0.05, 0) is 48.9 Å². The highest BCUT2D eigenvalue weighted by Crippen LogP contribution is 2.31. The van der Waals surface area contributed by atoms with E-state index in [9.17, 15) is 14.0 Å². The predicted octanol–water partition coefficient (Wildman–Crippen LogP) is 4.49. The number of benzene rings is 3. The first kappa shape index (κ1) is 22.9. The van der Waals surface area contributed by atoms with Crippen LogP contribution in [0.3, 0.4) is 0 Å². The molecule has 0 spiro atoms. The average Bonchev–Trinajstić information content (AvgIpc) is 3.45. The SMILES string of the molecule is CC1=C(C(=O)Nc2ccccc2)[C@H](c2ccc(F)cc2)n2c(s/c(=C/c3c[nH]c4ccccc34)c2=O)=N1. The lowest BCUT2D eigenvalue weighted by molar-refractivity contribution is -0.113. The second-order valence-corrected chi connectivity index (χ2v) is 9.75. The van der Waals surface area contributed by atoms with Crippen LogP contribution in [-0.2, 0) is 4.79 Å². The summed E-state index contributed by atoms with van der Waals surface area (Å²) in [5, 5.41) is 3.91. The van der Waals surface area contributed by atoms with Crippen molar-refractivity contribution in [2.45, 2.75) is 13.0 Å². The Morgan fingerprint density at radius 1 is 1.05 bits per heavy atom. The Balaban J connectivity index is 1.52. The van der Waals surface area contributed by atoms with Crippen LogP contribution in [0, 0.1) is 5.82 Å². The number of hydrogen-bond donors (Lipinski definition) is 2. The van der Waals surface area contributed by atoms with Gasteiger partial charge in [-0.15, -0.1) is 0 Å². The topological polar surface area (TPSA) is 79.2 Å². The second kappa shape index (κ2) is 9.15. The van der Waals surface area contributed by atoms with Crippen molar-refractivity contribution in [3.63, 3.8) is 0 Å². The summed E-state index contributed by atoms with van der Waals surface area (Å²) in [5.41, 5.74) is 3.68. The summed E-state index contributed by atoms with van der Waals surface area (Å²) in [5.74, 6) is -0.765. The molecule has 0 unspecified atom stereocenters. The summed E-state index contributed by atoms with van der Waals surface area (Å²) in [6.07, 6.45) is 3.71. The van der Waals surface area contributed by atoms with Crippen LogP contribution in [0.4, 0.5) is 10.1 Å². The highest BCUT2D eigenvalue weighted by molar-refractivity contribution is 7.07. The van der Waals surface area contributed by atoms with Gasteiger partial charge in [0.25, 0.3) is 11.5 Å². The first-order valence-corrected chi connectivity index (χ1v) is 12.5. The Hall–Kier alpha value is -4.56. The number of fused-ring (bicyclic) bond motifs is 2. The van der Waals surface area contributed by atoms with Gasteiger partial charge in [0.1, 0.15) is 5.82 Å². The van der Waals surface area contributed by atoms with Crippen molar-refractivity contribution in [1.82, 2.24) is 9.55 Å². The van der Waals surface area contributed by atoms with Crippen LogP contribution in [0.15, 0.2) is 106 Å². The second-order valence-electron chi connectivity index (χ2n) is 8.74. The van der Waals surface area contributed by atoms with Gasteiger partial charge in [-0.1, -0.05) is 59.9 Å². The number of nitrogens with zero attached hydrogens (tertiary/aromatic N) is 2. The fraction of sp³-hybridized carbons (Fsp3) is 0.0690. The summed E-state index contributed by atoms with van der Waals surface area (Å²) in [4.78, 5) is 35.7. The molecule has 6 nitrogen and oxygen atoms in total. The van der Waals surface area contributed by atoms with Gasteiger partial charge < -0.3 is 10.3 Å². The zero-order valence-corrected chi connectivity index (χ0v) is 20.6. The molecule has 0 radical (unpaired) electrons. The molecule has 1 aliphatic rings. The number of aromatic amines is 1. The number of allylic oxidation sites excluding steroid dienone is 1. The van der Waals surface area contributed by atoms with Crippen molar-refractivity contribution in [1.29, 1.82) is 0 Å². The van der Waals surface area contributed by atoms with E-state index >= 15 is 0 Å². The lowest BCUT2D eigenvalue weighted by Gasteiger charge is -2.25. The number of aromatic nitrogens is 2. The van der Waals surface area contributed by atoms with E-state index in [0.717, 1.165) is 16.5 Å². The normalized spacial score (nSPS) is 15.5. The van der Waals surface area contributed by atoms with Gasteiger partial charge in [-0.3, -0.25) is 14.2 Å². The number of thiazole rings is 1. The monoisotopic (exact) mass is 508 g/mol. The summed E-state index contributed by atoms with van der Waals surface area (Å²) in [6, 6.07) is 22.1. The molecular weight excluding hydrogens is 487 g/mol. The summed E-state index contributed by atoms with van der Waals surface area (Å²) >= 11 is 1.27. The van der Waals surface area contributed by atoms with E-state index in [0.29, 0.717) is 31.9 Å². The number of rotatable bonds is 4. The van der Waals surface area contributed by atoms with Crippen LogP contribution in [0.1, 0.15) is 24.1 Å². The minimum absolute atomic E-state index is 0.263. The fourth-order valence-corrected chi connectivity index (χ4v) is 5.68. The Morgan fingerprint density at radius 3 is 2.57 bits per heavy atom. The molecule has 6 rings (SSSR count). The fourth-order valence-electron chi connectivity index (χ4n) is 4.65. The number of carbonyl (C=O) groups is 1. The summed E-state index contributed by atoms with van der Waals surface area (Å²) in [6.45, 7) is 1.76. The quantitative estimate of drug-likeness (QED) is 0.375. The molecule has 1 amide bonds. The van der Waals surface area contributed by atoms with E-state index in [-0.39, 0.29) is 11.5 Å². The molecule has 1 atom stereocenters. The van der Waals surface area contributed by atoms with Crippen LogP contribution in [0.25, 0.3) is 17.0 Å². The molecule has 0 saturated carbocycles. The van der Waals surface area contributed by atoms with Gasteiger partial charge in [-0.2, -0.15) is 0 Å². The van der Waals surface area contributed by atoms with Crippen molar-refractivity contribution in [3.05, 3.63) is 133 Å². The molecule has 2 N–H and O–H groups in total. The molecule has 2 aromatic heterocycles. The molecule has 0 aliphatic carbocycles. The number of nitrogens with one attached hydrogen (secondary N) is 2. The van der Waals surface area contributed by atoms with E-state index in [1.165, 1.54) is 28.0 Å². The molecule has 5 aromatic rings. The average molecular weight is 509 g/mol. The van der Waals surface area contributed by atoms with Gasteiger partial charge in [0.05, 0.1) is 21.8 Å². The maximum atomic E-state index is 13.8. The first-order chi connectivity index (χ1) is 18.0. The van der Waals surface area contributed by atoms with Crippen LogP contribution in [-0.4, -0.2) is 15.5 Å². The van der Waals surface area contributed by atoms with E-state index in [1.807, 2.05) is 54.7 Å². The van der Waals surface area contributed by atoms with Crippen LogP contribution < -0.4 is 20.2 Å². The molecule has 182 valence electrons. The maximum Gasteiger partial charge on any atom is 0.271 e.